The molecule has 1 aromatic rings. The molecule has 1 amide bonds. The van der Waals surface area contributed by atoms with Crippen LogP contribution < -0.4 is 4.74 Å². The van der Waals surface area contributed by atoms with Gasteiger partial charge < -0.3 is 9.64 Å². The fourth-order valence-corrected chi connectivity index (χ4v) is 2.58. The van der Waals surface area contributed by atoms with Crippen LogP contribution in [0.15, 0.2) is 24.3 Å². The van der Waals surface area contributed by atoms with Crippen molar-refractivity contribution in [1.82, 2.24) is 4.90 Å². The van der Waals surface area contributed by atoms with E-state index in [1.807, 2.05) is 18.2 Å². The molecule has 1 fully saturated rings. The van der Waals surface area contributed by atoms with Gasteiger partial charge in [0.05, 0.1) is 11.6 Å². The normalized spacial score (nSPS) is 19.8. The number of para-hydroxylation sites is 1. The third-order valence-electron chi connectivity index (χ3n) is 2.62. The van der Waals surface area contributed by atoms with Crippen LogP contribution in [-0.2, 0) is 4.79 Å². The Labute approximate surface area is 114 Å². The molecular weight excluding hydrogens is 305 g/mol. The van der Waals surface area contributed by atoms with Gasteiger partial charge >= 0.3 is 0 Å². The highest BCUT2D eigenvalue weighted by Crippen LogP contribution is 2.23. The number of carbonyl (C=O) groups excluding carboxylic acids is 1. The molecule has 3 nitrogen and oxygen atoms in total. The minimum Gasteiger partial charge on any atom is -0.490 e. The lowest BCUT2D eigenvalue weighted by Crippen LogP contribution is -2.29. The van der Waals surface area contributed by atoms with E-state index in [0.29, 0.717) is 30.3 Å². The van der Waals surface area contributed by atoms with Gasteiger partial charge in [-0.15, -0.1) is 0 Å². The molecule has 0 bridgehead atoms. The average Bonchev–Trinajstić information content (AvgIpc) is 2.60. The summed E-state index contributed by atoms with van der Waals surface area (Å²) in [5.74, 6) is 0.839. The van der Waals surface area contributed by atoms with E-state index in [9.17, 15) is 4.79 Å². The van der Waals surface area contributed by atoms with Crippen LogP contribution in [-0.4, -0.2) is 35.3 Å². The Morgan fingerprint density at radius 3 is 2.88 bits per heavy atom. The van der Waals surface area contributed by atoms with Crippen molar-refractivity contribution in [1.29, 1.82) is 0 Å². The highest BCUT2D eigenvalue weighted by atomic mass is 79.9. The second-order valence-corrected chi connectivity index (χ2v) is 5.62. The summed E-state index contributed by atoms with van der Waals surface area (Å²) in [6.45, 7) is 1.83. The van der Waals surface area contributed by atoms with Crippen LogP contribution in [0.1, 0.15) is 6.42 Å². The summed E-state index contributed by atoms with van der Waals surface area (Å²) in [5, 5.41) is 0.596. The summed E-state index contributed by atoms with van der Waals surface area (Å²) >= 11 is 9.40. The number of benzene rings is 1. The van der Waals surface area contributed by atoms with Crippen molar-refractivity contribution >= 4 is 33.4 Å². The minimum atomic E-state index is 0.176. The molecule has 0 spiro atoms. The first-order chi connectivity index (χ1) is 8.16. The van der Waals surface area contributed by atoms with Crippen LogP contribution in [0, 0.1) is 0 Å². The third-order valence-corrected chi connectivity index (χ3v) is 3.55. The average molecular weight is 319 g/mol. The number of nitrogens with zero attached hydrogens (tertiary/aromatic N) is 1. The Morgan fingerprint density at radius 2 is 2.24 bits per heavy atom. The highest BCUT2D eigenvalue weighted by Gasteiger charge is 2.27. The highest BCUT2D eigenvalue weighted by molar-refractivity contribution is 9.09. The molecule has 0 aliphatic carbocycles. The molecule has 1 unspecified atom stereocenters. The summed E-state index contributed by atoms with van der Waals surface area (Å²) in [4.78, 5) is 13.6. The molecule has 0 N–H and O–H groups in total. The van der Waals surface area contributed by atoms with Crippen LogP contribution >= 0.6 is 27.5 Å². The van der Waals surface area contributed by atoms with Gasteiger partial charge in [-0.1, -0.05) is 39.7 Å². The van der Waals surface area contributed by atoms with Crippen molar-refractivity contribution in [2.75, 3.05) is 19.7 Å². The Hall–Kier alpha value is -0.740. The number of alkyl halides is 1. The molecule has 0 radical (unpaired) electrons. The summed E-state index contributed by atoms with van der Waals surface area (Å²) in [5.41, 5.74) is 0. The van der Waals surface area contributed by atoms with Crippen molar-refractivity contribution in [2.24, 2.45) is 0 Å². The van der Waals surface area contributed by atoms with Gasteiger partial charge in [-0.3, -0.25) is 4.79 Å². The molecular formula is C12H13BrClNO2. The fraction of sp³-hybridized carbons (Fsp3) is 0.417. The molecule has 1 aliphatic rings. The number of ether oxygens (including phenoxy) is 1. The van der Waals surface area contributed by atoms with Gasteiger partial charge in [0.1, 0.15) is 12.4 Å². The topological polar surface area (TPSA) is 29.5 Å². The SMILES string of the molecule is O=C1CC(Br)CN1CCOc1ccccc1Cl. The Morgan fingerprint density at radius 1 is 1.47 bits per heavy atom. The Balaban J connectivity index is 1.80. The Kier molecular flexibility index (Phi) is 4.29. The first kappa shape index (κ1) is 12.7. The molecule has 1 atom stereocenters. The zero-order chi connectivity index (χ0) is 12.3. The summed E-state index contributed by atoms with van der Waals surface area (Å²) in [6, 6.07) is 7.33. The van der Waals surface area contributed by atoms with E-state index in [-0.39, 0.29) is 10.7 Å². The lowest BCUT2D eigenvalue weighted by Gasteiger charge is -2.16. The second kappa shape index (κ2) is 5.74. The largest absolute Gasteiger partial charge is 0.490 e. The molecule has 1 heterocycles. The van der Waals surface area contributed by atoms with Crippen molar-refractivity contribution in [3.05, 3.63) is 29.3 Å². The first-order valence-electron chi connectivity index (χ1n) is 5.46. The van der Waals surface area contributed by atoms with Crippen molar-refractivity contribution in [3.63, 3.8) is 0 Å². The van der Waals surface area contributed by atoms with Crippen LogP contribution in [0.2, 0.25) is 5.02 Å². The lowest BCUT2D eigenvalue weighted by molar-refractivity contribution is -0.127. The van der Waals surface area contributed by atoms with Crippen LogP contribution in [0.4, 0.5) is 0 Å². The van der Waals surface area contributed by atoms with E-state index in [4.69, 9.17) is 16.3 Å². The van der Waals surface area contributed by atoms with E-state index in [0.717, 1.165) is 6.54 Å². The molecule has 0 aromatic heterocycles. The summed E-state index contributed by atoms with van der Waals surface area (Å²) < 4.78 is 5.54. The van der Waals surface area contributed by atoms with Crippen molar-refractivity contribution in [2.45, 2.75) is 11.2 Å². The van der Waals surface area contributed by atoms with Crippen LogP contribution in [0.3, 0.4) is 0 Å². The number of hydrogen-bond acceptors (Lipinski definition) is 2. The fourth-order valence-electron chi connectivity index (χ4n) is 1.77. The quantitative estimate of drug-likeness (QED) is 0.799. The van der Waals surface area contributed by atoms with E-state index in [2.05, 4.69) is 15.9 Å². The molecule has 1 aliphatic heterocycles. The number of halogens is 2. The van der Waals surface area contributed by atoms with Crippen molar-refractivity contribution < 1.29 is 9.53 Å². The minimum absolute atomic E-state index is 0.176. The van der Waals surface area contributed by atoms with Gasteiger partial charge in [0.15, 0.2) is 0 Å². The lowest BCUT2D eigenvalue weighted by atomic mass is 10.3. The number of hydrogen-bond donors (Lipinski definition) is 0. The van der Waals surface area contributed by atoms with Gasteiger partial charge in [-0.25, -0.2) is 0 Å². The third kappa shape index (κ3) is 3.36. The maximum atomic E-state index is 11.5. The molecule has 5 heteroatoms. The predicted molar refractivity (Wildman–Crippen MR) is 70.9 cm³/mol. The van der Waals surface area contributed by atoms with Gasteiger partial charge in [0.25, 0.3) is 0 Å². The summed E-state index contributed by atoms with van der Waals surface area (Å²) in [7, 11) is 0. The van der Waals surface area contributed by atoms with Crippen molar-refractivity contribution in [3.8, 4) is 5.75 Å². The molecule has 92 valence electrons. The standard InChI is InChI=1S/C12H13BrClNO2/c13-9-7-12(16)15(8-9)5-6-17-11-4-2-1-3-10(11)14/h1-4,9H,5-8H2. The molecule has 1 aromatic carbocycles. The van der Waals surface area contributed by atoms with Gasteiger partial charge in [-0.05, 0) is 12.1 Å². The molecule has 2 rings (SSSR count). The Bertz CT molecular complexity index is 413. The zero-order valence-corrected chi connectivity index (χ0v) is 11.6. The number of amides is 1. The van der Waals surface area contributed by atoms with E-state index >= 15 is 0 Å². The number of rotatable bonds is 4. The smallest absolute Gasteiger partial charge is 0.223 e. The molecule has 1 saturated heterocycles. The first-order valence-corrected chi connectivity index (χ1v) is 6.75. The second-order valence-electron chi connectivity index (χ2n) is 3.92. The monoisotopic (exact) mass is 317 g/mol. The zero-order valence-electron chi connectivity index (χ0n) is 9.23. The van der Waals surface area contributed by atoms with E-state index in [1.165, 1.54) is 0 Å². The molecule has 0 saturated carbocycles. The maximum absolute atomic E-state index is 11.5. The number of likely N-dealkylation sites (tertiary alicyclic amines) is 1. The van der Waals surface area contributed by atoms with Gasteiger partial charge in [0, 0.05) is 17.8 Å². The van der Waals surface area contributed by atoms with Gasteiger partial charge in [0.2, 0.25) is 5.91 Å². The van der Waals surface area contributed by atoms with Crippen LogP contribution in [0.25, 0.3) is 0 Å². The van der Waals surface area contributed by atoms with E-state index in [1.54, 1.807) is 11.0 Å². The maximum Gasteiger partial charge on any atom is 0.223 e. The number of carbonyl (C=O) groups is 1. The van der Waals surface area contributed by atoms with Gasteiger partial charge in [-0.2, -0.15) is 0 Å². The molecule has 17 heavy (non-hydrogen) atoms. The van der Waals surface area contributed by atoms with Crippen LogP contribution in [0.5, 0.6) is 5.75 Å². The summed E-state index contributed by atoms with van der Waals surface area (Å²) in [6.07, 6.45) is 0.575. The van der Waals surface area contributed by atoms with E-state index < -0.39 is 0 Å². The predicted octanol–water partition coefficient (Wildman–Crippen LogP) is 2.71.